The summed E-state index contributed by atoms with van der Waals surface area (Å²) in [6.07, 6.45) is -0.639. The van der Waals surface area contributed by atoms with E-state index < -0.39 is 6.10 Å². The molecular weight excluding hydrogens is 277 g/mol. The largest absolute Gasteiger partial charge is 0.387 e. The van der Waals surface area contributed by atoms with E-state index in [1.807, 2.05) is 0 Å². The number of hydrogen-bond acceptors (Lipinski definition) is 2. The summed E-state index contributed by atoms with van der Waals surface area (Å²) in [5.41, 5.74) is 6.03. The maximum atomic E-state index is 9.37. The molecule has 1 aromatic carbocycles. The molecule has 0 unspecified atom stereocenters. The van der Waals surface area contributed by atoms with Crippen molar-refractivity contribution in [3.63, 3.8) is 0 Å². The number of rotatable bonds is 2. The van der Waals surface area contributed by atoms with Crippen LogP contribution >= 0.6 is 39.9 Å². The highest BCUT2D eigenvalue weighted by atomic mass is 79.9. The Morgan fingerprint density at radius 1 is 1.46 bits per heavy atom. The lowest BCUT2D eigenvalue weighted by Gasteiger charge is -2.08. The molecule has 0 radical (unpaired) electrons. The van der Waals surface area contributed by atoms with Gasteiger partial charge in [0.05, 0.1) is 6.10 Å². The minimum atomic E-state index is -0.639. The number of aliphatic hydroxyl groups is 1. The topological polar surface area (TPSA) is 46.2 Å². The summed E-state index contributed by atoms with van der Waals surface area (Å²) in [7, 11) is 0. The van der Waals surface area contributed by atoms with Gasteiger partial charge < -0.3 is 10.8 Å². The van der Waals surface area contributed by atoms with Gasteiger partial charge in [-0.05, 0) is 23.8 Å². The van der Waals surface area contributed by atoms with Crippen LogP contribution in [0.3, 0.4) is 0 Å². The maximum absolute atomic E-state index is 9.37. The number of hydrogen-bond donors (Lipinski definition) is 2. The molecule has 1 atom stereocenters. The molecule has 0 saturated carbocycles. The average Bonchev–Trinajstić information content (AvgIpc) is 2.01. The molecule has 0 heterocycles. The summed E-state index contributed by atoms with van der Waals surface area (Å²) in [6, 6.07) is 5.25. The second-order valence-electron chi connectivity index (χ2n) is 2.45. The highest BCUT2D eigenvalue weighted by molar-refractivity contribution is 9.10. The molecule has 0 aliphatic carbocycles. The summed E-state index contributed by atoms with van der Waals surface area (Å²) in [6.45, 7) is 0.201. The number of benzene rings is 1. The Hall–Kier alpha value is 0.200. The van der Waals surface area contributed by atoms with Gasteiger partial charge in [-0.25, -0.2) is 0 Å². The fourth-order valence-corrected chi connectivity index (χ4v) is 1.79. The van der Waals surface area contributed by atoms with Crippen molar-refractivity contribution in [1.82, 2.24) is 0 Å². The molecule has 74 valence electrons. The van der Waals surface area contributed by atoms with Crippen LogP contribution in [-0.4, -0.2) is 11.7 Å². The number of halogens is 3. The fourth-order valence-electron chi connectivity index (χ4n) is 0.904. The molecule has 0 bridgehead atoms. The third kappa shape index (κ3) is 3.83. The van der Waals surface area contributed by atoms with Crippen molar-refractivity contribution in [2.24, 2.45) is 5.73 Å². The molecule has 0 fully saturated rings. The Morgan fingerprint density at radius 2 is 2.08 bits per heavy atom. The van der Waals surface area contributed by atoms with Gasteiger partial charge in [-0.2, -0.15) is 0 Å². The molecule has 1 aromatic rings. The molecule has 0 spiro atoms. The molecule has 3 N–H and O–H groups in total. The first-order valence-corrected chi connectivity index (χ1v) is 4.64. The summed E-state index contributed by atoms with van der Waals surface area (Å²) in [5, 5.41) is 9.96. The lowest BCUT2D eigenvalue weighted by atomic mass is 10.1. The standard InChI is InChI=1S/C8H9BrClNO.ClH/c9-6-1-5(8(12)4-11)2-7(10)3-6;/h1-3,8,12H,4,11H2;1H/t8-;/m0./s1. The van der Waals surface area contributed by atoms with E-state index in [4.69, 9.17) is 17.3 Å². The number of aliphatic hydroxyl groups excluding tert-OH is 1. The Bertz CT molecular complexity index is 263. The van der Waals surface area contributed by atoms with Crippen molar-refractivity contribution in [2.45, 2.75) is 6.10 Å². The van der Waals surface area contributed by atoms with Crippen LogP contribution in [0, 0.1) is 0 Å². The van der Waals surface area contributed by atoms with Crippen LogP contribution in [0.5, 0.6) is 0 Å². The highest BCUT2D eigenvalue weighted by Crippen LogP contribution is 2.23. The van der Waals surface area contributed by atoms with Crippen LogP contribution < -0.4 is 5.73 Å². The minimum absolute atomic E-state index is 0. The highest BCUT2D eigenvalue weighted by Gasteiger charge is 2.06. The van der Waals surface area contributed by atoms with Gasteiger partial charge in [0, 0.05) is 16.0 Å². The summed E-state index contributed by atoms with van der Waals surface area (Å²) in [4.78, 5) is 0. The van der Waals surface area contributed by atoms with Crippen molar-refractivity contribution in [2.75, 3.05) is 6.54 Å². The van der Waals surface area contributed by atoms with E-state index in [1.54, 1.807) is 18.2 Å². The van der Waals surface area contributed by atoms with E-state index in [1.165, 1.54) is 0 Å². The predicted octanol–water partition coefficient (Wildman–Crippen LogP) is 2.52. The molecular formula is C8H10BrCl2NO. The first kappa shape index (κ1) is 13.2. The molecule has 0 saturated heterocycles. The Labute approximate surface area is 96.6 Å². The third-order valence-corrected chi connectivity index (χ3v) is 2.17. The normalized spacial score (nSPS) is 12.0. The van der Waals surface area contributed by atoms with Gasteiger partial charge in [-0.1, -0.05) is 27.5 Å². The first-order valence-electron chi connectivity index (χ1n) is 3.47. The van der Waals surface area contributed by atoms with Crippen LogP contribution in [0.1, 0.15) is 11.7 Å². The summed E-state index contributed by atoms with van der Waals surface area (Å²) < 4.78 is 0.845. The zero-order valence-electron chi connectivity index (χ0n) is 6.71. The SMILES string of the molecule is Cl.NC[C@H](O)c1cc(Cl)cc(Br)c1. The van der Waals surface area contributed by atoms with Gasteiger partial charge >= 0.3 is 0 Å². The molecule has 0 aliphatic rings. The Kier molecular flexibility index (Phi) is 5.92. The van der Waals surface area contributed by atoms with Gasteiger partial charge in [0.1, 0.15) is 0 Å². The zero-order chi connectivity index (χ0) is 9.14. The molecule has 0 aliphatic heterocycles. The smallest absolute Gasteiger partial charge is 0.0913 e. The molecule has 5 heteroatoms. The second-order valence-corrected chi connectivity index (χ2v) is 3.81. The van der Waals surface area contributed by atoms with Crippen LogP contribution in [0.15, 0.2) is 22.7 Å². The molecule has 1 rings (SSSR count). The van der Waals surface area contributed by atoms with Gasteiger partial charge in [-0.15, -0.1) is 12.4 Å². The van der Waals surface area contributed by atoms with Crippen LogP contribution in [-0.2, 0) is 0 Å². The molecule has 13 heavy (non-hydrogen) atoms. The van der Waals surface area contributed by atoms with Gasteiger partial charge in [-0.3, -0.25) is 0 Å². The second kappa shape index (κ2) is 5.83. The summed E-state index contributed by atoms with van der Waals surface area (Å²) >= 11 is 9.04. The summed E-state index contributed by atoms with van der Waals surface area (Å²) in [5.74, 6) is 0. The lowest BCUT2D eigenvalue weighted by Crippen LogP contribution is -2.11. The van der Waals surface area contributed by atoms with Crippen molar-refractivity contribution in [3.8, 4) is 0 Å². The molecule has 0 amide bonds. The van der Waals surface area contributed by atoms with Crippen LogP contribution in [0.4, 0.5) is 0 Å². The molecule has 2 nitrogen and oxygen atoms in total. The van der Waals surface area contributed by atoms with Gasteiger partial charge in [0.2, 0.25) is 0 Å². The van der Waals surface area contributed by atoms with Gasteiger partial charge in [0.15, 0.2) is 0 Å². The van der Waals surface area contributed by atoms with Crippen LogP contribution in [0.2, 0.25) is 5.02 Å². The van der Waals surface area contributed by atoms with E-state index in [9.17, 15) is 5.11 Å². The van der Waals surface area contributed by atoms with Crippen LogP contribution in [0.25, 0.3) is 0 Å². The Morgan fingerprint density at radius 3 is 2.54 bits per heavy atom. The fraction of sp³-hybridized carbons (Fsp3) is 0.250. The maximum Gasteiger partial charge on any atom is 0.0913 e. The van der Waals surface area contributed by atoms with E-state index in [0.29, 0.717) is 5.02 Å². The molecule has 0 aromatic heterocycles. The van der Waals surface area contributed by atoms with Crippen molar-refractivity contribution >= 4 is 39.9 Å². The van der Waals surface area contributed by atoms with Gasteiger partial charge in [0.25, 0.3) is 0 Å². The van der Waals surface area contributed by atoms with Crippen molar-refractivity contribution in [1.29, 1.82) is 0 Å². The van der Waals surface area contributed by atoms with Crippen molar-refractivity contribution < 1.29 is 5.11 Å². The lowest BCUT2D eigenvalue weighted by molar-refractivity contribution is 0.186. The van der Waals surface area contributed by atoms with Crippen molar-refractivity contribution in [3.05, 3.63) is 33.3 Å². The third-order valence-electron chi connectivity index (χ3n) is 1.49. The average molecular weight is 287 g/mol. The minimum Gasteiger partial charge on any atom is -0.387 e. The van der Waals surface area contributed by atoms with E-state index in [-0.39, 0.29) is 19.0 Å². The zero-order valence-corrected chi connectivity index (χ0v) is 9.86. The van der Waals surface area contributed by atoms with E-state index in [0.717, 1.165) is 10.0 Å². The monoisotopic (exact) mass is 285 g/mol. The van der Waals surface area contributed by atoms with E-state index >= 15 is 0 Å². The Balaban J connectivity index is 0.00000144. The first-order chi connectivity index (χ1) is 5.63. The predicted molar refractivity (Wildman–Crippen MR) is 60.4 cm³/mol. The quantitative estimate of drug-likeness (QED) is 0.878. The number of nitrogens with two attached hydrogens (primary N) is 1. The van der Waals surface area contributed by atoms with E-state index in [2.05, 4.69) is 15.9 Å².